The first-order chi connectivity index (χ1) is 7.27. The van der Waals surface area contributed by atoms with Gasteiger partial charge in [-0.3, -0.25) is 4.68 Å². The maximum Gasteiger partial charge on any atom is 0.0653 e. The normalized spacial score (nSPS) is 10.9. The average Bonchev–Trinajstić information content (AvgIpc) is 2.59. The summed E-state index contributed by atoms with van der Waals surface area (Å²) >= 11 is 0. The molecule has 0 amide bonds. The quantitative estimate of drug-likeness (QED) is 0.695. The Balaban J connectivity index is 2.30. The molecular formula is C12H23N3. The number of nitrogens with zero attached hydrogens (tertiary/aromatic N) is 2. The minimum Gasteiger partial charge on any atom is -0.317 e. The van der Waals surface area contributed by atoms with Gasteiger partial charge in [0.25, 0.3) is 0 Å². The van der Waals surface area contributed by atoms with Crippen molar-refractivity contribution in [3.05, 3.63) is 17.5 Å². The van der Waals surface area contributed by atoms with E-state index >= 15 is 0 Å². The van der Waals surface area contributed by atoms with E-state index in [1.54, 1.807) is 0 Å². The summed E-state index contributed by atoms with van der Waals surface area (Å²) in [5.74, 6) is 0. The zero-order chi connectivity index (χ0) is 11.1. The highest BCUT2D eigenvalue weighted by atomic mass is 15.2. The van der Waals surface area contributed by atoms with Crippen LogP contribution in [0.2, 0.25) is 0 Å². The number of nitrogens with one attached hydrogen (secondary N) is 1. The van der Waals surface area contributed by atoms with Gasteiger partial charge in [0.2, 0.25) is 0 Å². The van der Waals surface area contributed by atoms with E-state index in [-0.39, 0.29) is 0 Å². The molecule has 0 atom stereocenters. The summed E-state index contributed by atoms with van der Waals surface area (Å²) in [6, 6.07) is 0. The lowest BCUT2D eigenvalue weighted by atomic mass is 10.1. The van der Waals surface area contributed by atoms with Crippen LogP contribution in [0, 0.1) is 0 Å². The van der Waals surface area contributed by atoms with Crippen molar-refractivity contribution in [3.8, 4) is 0 Å². The standard InChI is InChI=1S/C12H23N3/c1-4-12-11(10-15(3)14-12)8-6-7-9-13-5-2/h10,13H,4-9H2,1-3H3. The predicted octanol–water partition coefficient (Wildman–Crippen LogP) is 1.91. The van der Waals surface area contributed by atoms with Crippen LogP contribution in [-0.4, -0.2) is 22.9 Å². The van der Waals surface area contributed by atoms with Crippen LogP contribution in [0.3, 0.4) is 0 Å². The first-order valence-electron chi connectivity index (χ1n) is 6.00. The van der Waals surface area contributed by atoms with Crippen molar-refractivity contribution in [3.63, 3.8) is 0 Å². The molecule has 1 rings (SSSR count). The smallest absolute Gasteiger partial charge is 0.0653 e. The second-order valence-electron chi connectivity index (χ2n) is 3.94. The highest BCUT2D eigenvalue weighted by Gasteiger charge is 2.04. The first-order valence-corrected chi connectivity index (χ1v) is 6.00. The van der Waals surface area contributed by atoms with Crippen molar-refractivity contribution in [1.29, 1.82) is 0 Å². The van der Waals surface area contributed by atoms with Gasteiger partial charge in [-0.05, 0) is 44.3 Å². The van der Waals surface area contributed by atoms with E-state index in [1.165, 1.54) is 30.5 Å². The highest BCUT2D eigenvalue weighted by molar-refractivity contribution is 5.16. The molecule has 0 aliphatic heterocycles. The minimum absolute atomic E-state index is 1.05. The summed E-state index contributed by atoms with van der Waals surface area (Å²) < 4.78 is 1.93. The zero-order valence-electron chi connectivity index (χ0n) is 10.2. The van der Waals surface area contributed by atoms with Crippen LogP contribution in [0.15, 0.2) is 6.20 Å². The van der Waals surface area contributed by atoms with Crippen LogP contribution in [0.4, 0.5) is 0 Å². The maximum absolute atomic E-state index is 4.45. The predicted molar refractivity (Wildman–Crippen MR) is 64.1 cm³/mol. The third-order valence-corrected chi connectivity index (χ3v) is 2.63. The molecule has 15 heavy (non-hydrogen) atoms. The minimum atomic E-state index is 1.05. The van der Waals surface area contributed by atoms with Crippen molar-refractivity contribution in [2.45, 2.75) is 39.5 Å². The molecule has 0 aliphatic rings. The third kappa shape index (κ3) is 4.04. The molecule has 1 N–H and O–H groups in total. The Morgan fingerprint density at radius 1 is 1.33 bits per heavy atom. The molecule has 3 nitrogen and oxygen atoms in total. The summed E-state index contributed by atoms with van der Waals surface area (Å²) in [7, 11) is 2.00. The van der Waals surface area contributed by atoms with Gasteiger partial charge in [-0.25, -0.2) is 0 Å². The van der Waals surface area contributed by atoms with E-state index in [0.29, 0.717) is 0 Å². The van der Waals surface area contributed by atoms with E-state index in [2.05, 4.69) is 30.5 Å². The van der Waals surface area contributed by atoms with Gasteiger partial charge in [-0.15, -0.1) is 0 Å². The number of unbranched alkanes of at least 4 members (excludes halogenated alkanes) is 1. The molecule has 0 aliphatic carbocycles. The number of aromatic nitrogens is 2. The monoisotopic (exact) mass is 209 g/mol. The summed E-state index contributed by atoms with van der Waals surface area (Å²) in [6.07, 6.45) is 6.88. The number of hydrogen-bond donors (Lipinski definition) is 1. The van der Waals surface area contributed by atoms with Crippen LogP contribution < -0.4 is 5.32 Å². The second-order valence-corrected chi connectivity index (χ2v) is 3.94. The second kappa shape index (κ2) is 6.62. The van der Waals surface area contributed by atoms with Gasteiger partial charge in [0.15, 0.2) is 0 Å². The fourth-order valence-corrected chi connectivity index (χ4v) is 1.83. The molecule has 0 spiro atoms. The molecule has 0 fully saturated rings. The van der Waals surface area contributed by atoms with Crippen LogP contribution in [-0.2, 0) is 19.9 Å². The molecule has 1 heterocycles. The van der Waals surface area contributed by atoms with Crippen LogP contribution in [0.25, 0.3) is 0 Å². The molecule has 86 valence electrons. The largest absolute Gasteiger partial charge is 0.317 e. The first kappa shape index (κ1) is 12.2. The lowest BCUT2D eigenvalue weighted by molar-refractivity contribution is 0.639. The molecule has 1 aromatic heterocycles. The molecule has 1 aromatic rings. The van der Waals surface area contributed by atoms with Crippen molar-refractivity contribution in [1.82, 2.24) is 15.1 Å². The van der Waals surface area contributed by atoms with E-state index in [0.717, 1.165) is 19.5 Å². The van der Waals surface area contributed by atoms with Gasteiger partial charge in [0.05, 0.1) is 5.69 Å². The lowest BCUT2D eigenvalue weighted by Crippen LogP contribution is -2.13. The van der Waals surface area contributed by atoms with Crippen molar-refractivity contribution >= 4 is 0 Å². The van der Waals surface area contributed by atoms with Gasteiger partial charge in [0.1, 0.15) is 0 Å². The van der Waals surface area contributed by atoms with Crippen molar-refractivity contribution < 1.29 is 0 Å². The number of hydrogen-bond acceptors (Lipinski definition) is 2. The number of aryl methyl sites for hydroxylation is 3. The maximum atomic E-state index is 4.45. The average molecular weight is 209 g/mol. The van der Waals surface area contributed by atoms with E-state index in [4.69, 9.17) is 0 Å². The zero-order valence-corrected chi connectivity index (χ0v) is 10.2. The number of rotatable bonds is 7. The highest BCUT2D eigenvalue weighted by Crippen LogP contribution is 2.10. The third-order valence-electron chi connectivity index (χ3n) is 2.63. The molecule has 0 unspecified atom stereocenters. The Morgan fingerprint density at radius 3 is 2.80 bits per heavy atom. The molecule has 0 radical (unpaired) electrons. The Hall–Kier alpha value is -0.830. The Kier molecular flexibility index (Phi) is 5.40. The fraction of sp³-hybridized carbons (Fsp3) is 0.750. The molecular weight excluding hydrogens is 186 g/mol. The summed E-state index contributed by atoms with van der Waals surface area (Å²) in [4.78, 5) is 0. The summed E-state index contributed by atoms with van der Waals surface area (Å²) in [5.41, 5.74) is 2.69. The summed E-state index contributed by atoms with van der Waals surface area (Å²) in [5, 5.41) is 7.79. The topological polar surface area (TPSA) is 29.9 Å². The van der Waals surface area contributed by atoms with E-state index in [1.807, 2.05) is 11.7 Å². The van der Waals surface area contributed by atoms with Crippen LogP contribution in [0.1, 0.15) is 37.9 Å². The van der Waals surface area contributed by atoms with Crippen LogP contribution >= 0.6 is 0 Å². The molecule has 3 heteroatoms. The molecule has 0 aromatic carbocycles. The fourth-order valence-electron chi connectivity index (χ4n) is 1.83. The molecule has 0 bridgehead atoms. The Morgan fingerprint density at radius 2 is 2.13 bits per heavy atom. The molecule has 0 saturated heterocycles. The lowest BCUT2D eigenvalue weighted by Gasteiger charge is -2.01. The molecule has 0 saturated carbocycles. The Labute approximate surface area is 92.9 Å². The van der Waals surface area contributed by atoms with Gasteiger partial charge in [-0.2, -0.15) is 5.10 Å². The van der Waals surface area contributed by atoms with E-state index in [9.17, 15) is 0 Å². The van der Waals surface area contributed by atoms with Gasteiger partial charge < -0.3 is 5.32 Å². The van der Waals surface area contributed by atoms with Crippen molar-refractivity contribution in [2.24, 2.45) is 7.05 Å². The van der Waals surface area contributed by atoms with Gasteiger partial charge >= 0.3 is 0 Å². The summed E-state index contributed by atoms with van der Waals surface area (Å²) in [6.45, 7) is 6.53. The Bertz CT molecular complexity index is 278. The SMILES string of the molecule is CCNCCCCc1cn(C)nc1CC. The van der Waals surface area contributed by atoms with Gasteiger partial charge in [0, 0.05) is 13.2 Å². The van der Waals surface area contributed by atoms with Crippen LogP contribution in [0.5, 0.6) is 0 Å². The van der Waals surface area contributed by atoms with Crippen molar-refractivity contribution in [2.75, 3.05) is 13.1 Å². The van der Waals surface area contributed by atoms with E-state index < -0.39 is 0 Å². The van der Waals surface area contributed by atoms with Gasteiger partial charge in [-0.1, -0.05) is 13.8 Å².